The van der Waals surface area contributed by atoms with Gasteiger partial charge in [0.1, 0.15) is 0 Å². The zero-order chi connectivity index (χ0) is 24.1. The number of carbonyl (C=O) groups is 1. The summed E-state index contributed by atoms with van der Waals surface area (Å²) in [6.45, 7) is 5.45. The molecule has 3 aliphatic rings. The molecule has 0 radical (unpaired) electrons. The Kier molecular flexibility index (Phi) is 7.53. The molecule has 0 spiro atoms. The number of benzene rings is 2. The van der Waals surface area contributed by atoms with Crippen LogP contribution in [0.2, 0.25) is 0 Å². The molecule has 184 valence electrons. The van der Waals surface area contributed by atoms with E-state index in [-0.39, 0.29) is 11.4 Å². The van der Waals surface area contributed by atoms with Gasteiger partial charge < -0.3 is 9.64 Å². The quantitative estimate of drug-likeness (QED) is 0.357. The van der Waals surface area contributed by atoms with E-state index in [2.05, 4.69) is 71.7 Å². The molecule has 2 fully saturated rings. The molecule has 3 heteroatoms. The van der Waals surface area contributed by atoms with Gasteiger partial charge in [-0.1, -0.05) is 86.0 Å². The van der Waals surface area contributed by atoms with E-state index in [4.69, 9.17) is 4.74 Å². The number of hydrogen-bond acceptors (Lipinski definition) is 3. The first-order valence-electron chi connectivity index (χ1n) is 13.7. The summed E-state index contributed by atoms with van der Waals surface area (Å²) in [7, 11) is 0. The number of hydrogen-bond donors (Lipinski definition) is 0. The molecule has 2 aromatic rings. The summed E-state index contributed by atoms with van der Waals surface area (Å²) in [5.74, 6) is 0.582. The van der Waals surface area contributed by atoms with Gasteiger partial charge in [0.25, 0.3) is 0 Å². The maximum Gasteiger partial charge on any atom is 0.312 e. The van der Waals surface area contributed by atoms with Crippen LogP contribution < -0.4 is 0 Å². The number of esters is 1. The number of rotatable bonds is 6. The number of piperidine rings is 1. The van der Waals surface area contributed by atoms with Crippen LogP contribution in [0.5, 0.6) is 0 Å². The Labute approximate surface area is 210 Å². The van der Waals surface area contributed by atoms with Crippen molar-refractivity contribution in [1.82, 2.24) is 4.90 Å². The topological polar surface area (TPSA) is 29.5 Å². The van der Waals surface area contributed by atoms with E-state index < -0.39 is 0 Å². The van der Waals surface area contributed by atoms with Gasteiger partial charge in [-0.25, -0.2) is 0 Å². The maximum atomic E-state index is 13.2. The van der Waals surface area contributed by atoms with Crippen LogP contribution in [-0.4, -0.2) is 37.1 Å². The first-order valence-corrected chi connectivity index (χ1v) is 13.7. The van der Waals surface area contributed by atoms with Gasteiger partial charge in [0, 0.05) is 6.54 Å². The molecule has 0 amide bonds. The monoisotopic (exact) mass is 469 g/mol. The minimum atomic E-state index is -0.254. The molecule has 0 bridgehead atoms. The highest BCUT2D eigenvalue weighted by molar-refractivity contribution is 5.93. The summed E-state index contributed by atoms with van der Waals surface area (Å²) in [4.78, 5) is 15.7. The predicted molar refractivity (Wildman–Crippen MR) is 145 cm³/mol. The Balaban J connectivity index is 1.29. The lowest BCUT2D eigenvalue weighted by atomic mass is 9.63. The van der Waals surface area contributed by atoms with Crippen LogP contribution in [0.1, 0.15) is 80.5 Å². The van der Waals surface area contributed by atoms with E-state index in [9.17, 15) is 4.79 Å². The summed E-state index contributed by atoms with van der Waals surface area (Å²) in [5, 5.41) is 0. The molecule has 1 saturated heterocycles. The van der Waals surface area contributed by atoms with Gasteiger partial charge >= 0.3 is 5.97 Å². The fourth-order valence-electron chi connectivity index (χ4n) is 6.60. The minimum absolute atomic E-state index is 0.0767. The Hall–Kier alpha value is -2.65. The summed E-state index contributed by atoms with van der Waals surface area (Å²) in [6, 6.07) is 17.4. The van der Waals surface area contributed by atoms with Gasteiger partial charge in [-0.05, 0) is 85.9 Å². The third-order valence-corrected chi connectivity index (χ3v) is 8.56. The van der Waals surface area contributed by atoms with Gasteiger partial charge in [-0.2, -0.15) is 0 Å². The van der Waals surface area contributed by atoms with Crippen molar-refractivity contribution in [2.45, 2.75) is 58.3 Å². The zero-order valence-corrected chi connectivity index (χ0v) is 21.2. The molecule has 2 aromatic carbocycles. The Morgan fingerprint density at radius 3 is 2.14 bits per heavy atom. The summed E-state index contributed by atoms with van der Waals surface area (Å²) in [6.07, 6.45) is 16.0. The first kappa shape index (κ1) is 24.1. The third kappa shape index (κ3) is 5.02. The van der Waals surface area contributed by atoms with E-state index in [1.165, 1.54) is 59.9 Å². The van der Waals surface area contributed by atoms with Crippen molar-refractivity contribution in [1.29, 1.82) is 0 Å². The van der Waals surface area contributed by atoms with E-state index >= 15 is 0 Å². The highest BCUT2D eigenvalue weighted by atomic mass is 16.5. The largest absolute Gasteiger partial charge is 0.466 e. The van der Waals surface area contributed by atoms with Crippen molar-refractivity contribution in [2.75, 3.05) is 26.2 Å². The molecule has 5 rings (SSSR count). The fourth-order valence-corrected chi connectivity index (χ4v) is 6.60. The molecule has 35 heavy (non-hydrogen) atoms. The number of carbonyl (C=O) groups excluding carboxylic acids is 1. The maximum absolute atomic E-state index is 13.2. The van der Waals surface area contributed by atoms with Crippen molar-refractivity contribution in [2.24, 2.45) is 11.3 Å². The molecule has 0 aromatic heterocycles. The molecule has 1 heterocycles. The SMILES string of the molecule is CCOC(=O)C1(C2CCCCC2)CCN(CCC=C2c3ccccc3C=Cc3ccccc32)CC1. The average molecular weight is 470 g/mol. The molecular weight excluding hydrogens is 430 g/mol. The lowest BCUT2D eigenvalue weighted by molar-refractivity contribution is -0.164. The second kappa shape index (κ2) is 11.0. The molecule has 1 saturated carbocycles. The third-order valence-electron chi connectivity index (χ3n) is 8.56. The molecule has 0 atom stereocenters. The number of likely N-dealkylation sites (tertiary alicyclic amines) is 1. The standard InChI is InChI=1S/C32H39NO2/c1-2-35-31(34)32(27-13-4-3-5-14-27)20-23-33(24-21-32)22-10-17-30-28-15-8-6-11-25(28)18-19-26-12-7-9-16-29(26)30/h6-9,11-12,15-19,27H,2-5,10,13-14,20-24H2,1H3. The minimum Gasteiger partial charge on any atom is -0.466 e. The molecule has 0 N–H and O–H groups in total. The van der Waals surface area contributed by atoms with E-state index in [0.29, 0.717) is 12.5 Å². The summed E-state index contributed by atoms with van der Waals surface area (Å²) >= 11 is 0. The summed E-state index contributed by atoms with van der Waals surface area (Å²) in [5.41, 5.74) is 6.26. The van der Waals surface area contributed by atoms with Gasteiger partial charge in [0.15, 0.2) is 0 Å². The predicted octanol–water partition coefficient (Wildman–Crippen LogP) is 7.22. The fraction of sp³-hybridized carbons (Fsp3) is 0.469. The van der Waals surface area contributed by atoms with Crippen molar-refractivity contribution in [3.05, 3.63) is 76.9 Å². The van der Waals surface area contributed by atoms with E-state index in [0.717, 1.165) is 38.9 Å². The second-order valence-electron chi connectivity index (χ2n) is 10.5. The molecule has 1 aliphatic heterocycles. The summed E-state index contributed by atoms with van der Waals surface area (Å²) < 4.78 is 5.64. The smallest absolute Gasteiger partial charge is 0.312 e. The Morgan fingerprint density at radius 2 is 1.54 bits per heavy atom. The molecular formula is C32H39NO2. The lowest BCUT2D eigenvalue weighted by Crippen LogP contribution is -2.49. The van der Waals surface area contributed by atoms with Crippen molar-refractivity contribution < 1.29 is 9.53 Å². The van der Waals surface area contributed by atoms with E-state index in [1.807, 2.05) is 6.92 Å². The van der Waals surface area contributed by atoms with Crippen LogP contribution in [-0.2, 0) is 9.53 Å². The highest BCUT2D eigenvalue weighted by Gasteiger charge is 2.48. The molecule has 3 nitrogen and oxygen atoms in total. The van der Waals surface area contributed by atoms with Crippen molar-refractivity contribution >= 4 is 23.7 Å². The van der Waals surface area contributed by atoms with Crippen LogP contribution in [0, 0.1) is 11.3 Å². The van der Waals surface area contributed by atoms with Crippen LogP contribution >= 0.6 is 0 Å². The van der Waals surface area contributed by atoms with Crippen LogP contribution in [0.4, 0.5) is 0 Å². The van der Waals surface area contributed by atoms with Crippen LogP contribution in [0.3, 0.4) is 0 Å². The number of ether oxygens (including phenoxy) is 1. The van der Waals surface area contributed by atoms with Crippen LogP contribution in [0.15, 0.2) is 54.6 Å². The van der Waals surface area contributed by atoms with Crippen molar-refractivity contribution in [3.63, 3.8) is 0 Å². The van der Waals surface area contributed by atoms with Crippen LogP contribution in [0.25, 0.3) is 17.7 Å². The highest BCUT2D eigenvalue weighted by Crippen LogP contribution is 2.47. The zero-order valence-electron chi connectivity index (χ0n) is 21.2. The number of nitrogens with zero attached hydrogens (tertiary/aromatic N) is 1. The lowest BCUT2D eigenvalue weighted by Gasteiger charge is -2.46. The molecule has 0 unspecified atom stereocenters. The second-order valence-corrected chi connectivity index (χ2v) is 10.5. The number of fused-ring (bicyclic) bond motifs is 2. The van der Waals surface area contributed by atoms with Crippen molar-refractivity contribution in [3.8, 4) is 0 Å². The molecule has 2 aliphatic carbocycles. The Bertz CT molecular complexity index is 1030. The normalized spacial score (nSPS) is 20.0. The van der Waals surface area contributed by atoms with Gasteiger partial charge in [-0.3, -0.25) is 4.79 Å². The van der Waals surface area contributed by atoms with E-state index in [1.54, 1.807) is 0 Å². The van der Waals surface area contributed by atoms with Gasteiger partial charge in [0.2, 0.25) is 0 Å². The average Bonchev–Trinajstić information content (AvgIpc) is 3.07. The van der Waals surface area contributed by atoms with Gasteiger partial charge in [0.05, 0.1) is 12.0 Å². The van der Waals surface area contributed by atoms with Gasteiger partial charge in [-0.15, -0.1) is 0 Å². The Morgan fingerprint density at radius 1 is 0.943 bits per heavy atom. The first-order chi connectivity index (χ1) is 17.2.